The number of aromatic amines is 1. The molecule has 10 nitrogen and oxygen atoms in total. The van der Waals surface area contributed by atoms with Gasteiger partial charge in [0.2, 0.25) is 0 Å². The summed E-state index contributed by atoms with van der Waals surface area (Å²) in [6.45, 7) is 3.75. The number of H-pyrrole nitrogens is 1. The summed E-state index contributed by atoms with van der Waals surface area (Å²) in [6, 6.07) is 15.4. The number of benzene rings is 2. The van der Waals surface area contributed by atoms with Crippen molar-refractivity contribution in [2.24, 2.45) is 0 Å². The minimum absolute atomic E-state index is 0.0524. The molecule has 1 heterocycles. The molecule has 3 aromatic rings. The van der Waals surface area contributed by atoms with E-state index in [1.165, 1.54) is 16.6 Å². The predicted octanol–water partition coefficient (Wildman–Crippen LogP) is 2.80. The fraction of sp³-hybridized carbons (Fsp3) is 0.308. The van der Waals surface area contributed by atoms with E-state index in [2.05, 4.69) is 4.98 Å². The van der Waals surface area contributed by atoms with Crippen LogP contribution in [0, 0.1) is 11.3 Å². The summed E-state index contributed by atoms with van der Waals surface area (Å²) in [4.78, 5) is 42.6. The van der Waals surface area contributed by atoms with Crippen molar-refractivity contribution in [3.05, 3.63) is 80.5 Å². The lowest BCUT2D eigenvalue weighted by Crippen LogP contribution is -2.45. The first-order chi connectivity index (χ1) is 17.3. The van der Waals surface area contributed by atoms with Crippen molar-refractivity contribution in [3.8, 4) is 17.6 Å². The number of carbonyl (C=O) groups is 1. The summed E-state index contributed by atoms with van der Waals surface area (Å²) in [5, 5.41) is 9.00. The highest BCUT2D eigenvalue weighted by molar-refractivity contribution is 5.98. The molecule has 1 aromatic heterocycles. The zero-order valence-electron chi connectivity index (χ0n) is 20.5. The van der Waals surface area contributed by atoms with E-state index in [0.29, 0.717) is 35.6 Å². The summed E-state index contributed by atoms with van der Waals surface area (Å²) in [5.41, 5.74) is 5.84. The molecular formula is C26H29N5O5. The number of nitrogens with one attached hydrogen (secondary N) is 1. The quantitative estimate of drug-likeness (QED) is 0.444. The number of ether oxygens (including phenoxy) is 2. The second-order valence-corrected chi connectivity index (χ2v) is 8.13. The normalized spacial score (nSPS) is 11.4. The number of carbonyl (C=O) groups excluding carboxylic acids is 1. The highest BCUT2D eigenvalue weighted by Crippen LogP contribution is 2.26. The Balaban J connectivity index is 2.07. The van der Waals surface area contributed by atoms with Crippen LogP contribution in [0.4, 0.5) is 11.5 Å². The Kier molecular flexibility index (Phi) is 8.52. The first-order valence-electron chi connectivity index (χ1n) is 11.5. The average Bonchev–Trinajstić information content (AvgIpc) is 2.88. The number of para-hydroxylation sites is 1. The molecule has 0 fully saturated rings. The molecule has 1 amide bonds. The third-order valence-electron chi connectivity index (χ3n) is 5.65. The van der Waals surface area contributed by atoms with Gasteiger partial charge in [0.15, 0.2) is 11.8 Å². The van der Waals surface area contributed by atoms with Gasteiger partial charge in [-0.1, -0.05) is 31.5 Å². The number of unbranched alkanes of at least 4 members (excludes halogenated alkanes) is 1. The molecular weight excluding hydrogens is 462 g/mol. The van der Waals surface area contributed by atoms with Gasteiger partial charge < -0.3 is 15.2 Å². The maximum absolute atomic E-state index is 13.7. The SMILES string of the molecule is CCCCn1c(N)c(N(Cc2ccccc2OC)C(=O)[C@@H](C)Oc2ccc(C#N)cc2)c(=O)[nH]c1=O. The van der Waals surface area contributed by atoms with Crippen molar-refractivity contribution in [3.63, 3.8) is 0 Å². The molecule has 0 aliphatic rings. The molecule has 10 heteroatoms. The zero-order chi connectivity index (χ0) is 26.2. The van der Waals surface area contributed by atoms with Gasteiger partial charge in [-0.3, -0.25) is 24.0 Å². The molecule has 0 aliphatic carbocycles. The Hall–Kier alpha value is -4.52. The molecule has 0 spiro atoms. The van der Waals surface area contributed by atoms with Gasteiger partial charge in [0.1, 0.15) is 17.3 Å². The highest BCUT2D eigenvalue weighted by Gasteiger charge is 2.30. The van der Waals surface area contributed by atoms with Crippen LogP contribution < -0.4 is 31.4 Å². The number of nitrogens with zero attached hydrogens (tertiary/aromatic N) is 3. The van der Waals surface area contributed by atoms with E-state index in [4.69, 9.17) is 20.5 Å². The van der Waals surface area contributed by atoms with E-state index >= 15 is 0 Å². The van der Waals surface area contributed by atoms with E-state index in [1.54, 1.807) is 55.5 Å². The smallest absolute Gasteiger partial charge is 0.330 e. The lowest BCUT2D eigenvalue weighted by atomic mass is 10.1. The summed E-state index contributed by atoms with van der Waals surface area (Å²) in [5.74, 6) is 0.237. The van der Waals surface area contributed by atoms with Gasteiger partial charge in [0.05, 0.1) is 25.3 Å². The molecule has 0 saturated carbocycles. The largest absolute Gasteiger partial charge is 0.496 e. The predicted molar refractivity (Wildman–Crippen MR) is 136 cm³/mol. The van der Waals surface area contributed by atoms with Gasteiger partial charge in [-0.05, 0) is 43.7 Å². The second kappa shape index (κ2) is 11.8. The van der Waals surface area contributed by atoms with Crippen LogP contribution in [0.25, 0.3) is 0 Å². The monoisotopic (exact) mass is 491 g/mol. The number of rotatable bonds is 10. The summed E-state index contributed by atoms with van der Waals surface area (Å²) in [6.07, 6.45) is 0.441. The van der Waals surface area contributed by atoms with Gasteiger partial charge in [0, 0.05) is 12.1 Å². The molecule has 0 aliphatic heterocycles. The van der Waals surface area contributed by atoms with Crippen LogP contribution in [-0.2, 0) is 17.9 Å². The number of amides is 1. The molecule has 2 aromatic carbocycles. The van der Waals surface area contributed by atoms with Gasteiger partial charge in [-0.15, -0.1) is 0 Å². The highest BCUT2D eigenvalue weighted by atomic mass is 16.5. The number of nitrogen functional groups attached to an aromatic ring is 1. The average molecular weight is 492 g/mol. The third kappa shape index (κ3) is 5.75. The minimum Gasteiger partial charge on any atom is -0.496 e. The maximum atomic E-state index is 13.7. The summed E-state index contributed by atoms with van der Waals surface area (Å²) in [7, 11) is 1.51. The van der Waals surface area contributed by atoms with Crippen LogP contribution in [-0.4, -0.2) is 28.7 Å². The van der Waals surface area contributed by atoms with E-state index in [9.17, 15) is 14.4 Å². The number of hydrogen-bond acceptors (Lipinski definition) is 7. The first kappa shape index (κ1) is 26.1. The number of anilines is 2. The molecule has 0 bridgehead atoms. The molecule has 188 valence electrons. The molecule has 1 atom stereocenters. The van der Waals surface area contributed by atoms with Crippen LogP contribution >= 0.6 is 0 Å². The first-order valence-corrected chi connectivity index (χ1v) is 11.5. The third-order valence-corrected chi connectivity index (χ3v) is 5.65. The zero-order valence-corrected chi connectivity index (χ0v) is 20.5. The van der Waals surface area contributed by atoms with Crippen molar-refractivity contribution in [2.45, 2.75) is 45.9 Å². The molecule has 0 unspecified atom stereocenters. The van der Waals surface area contributed by atoms with Crippen LogP contribution in [0.3, 0.4) is 0 Å². The van der Waals surface area contributed by atoms with Gasteiger partial charge in [0.25, 0.3) is 11.5 Å². The number of nitrogens with two attached hydrogens (primary N) is 1. The topological polar surface area (TPSA) is 143 Å². The number of aromatic nitrogens is 2. The number of nitriles is 1. The second-order valence-electron chi connectivity index (χ2n) is 8.13. The molecule has 3 rings (SSSR count). The van der Waals surface area contributed by atoms with Gasteiger partial charge in [-0.25, -0.2) is 4.79 Å². The van der Waals surface area contributed by atoms with E-state index < -0.39 is 23.3 Å². The van der Waals surface area contributed by atoms with Crippen LogP contribution in [0.1, 0.15) is 37.8 Å². The minimum atomic E-state index is -1.03. The number of hydrogen-bond donors (Lipinski definition) is 2. The fourth-order valence-electron chi connectivity index (χ4n) is 3.73. The lowest BCUT2D eigenvalue weighted by Gasteiger charge is -2.28. The van der Waals surface area contributed by atoms with Crippen molar-refractivity contribution in [2.75, 3.05) is 17.7 Å². The summed E-state index contributed by atoms with van der Waals surface area (Å²) >= 11 is 0. The van der Waals surface area contributed by atoms with Crippen LogP contribution in [0.15, 0.2) is 58.1 Å². The Bertz CT molecular complexity index is 1370. The van der Waals surface area contributed by atoms with E-state index in [-0.39, 0.29) is 18.1 Å². The fourth-order valence-corrected chi connectivity index (χ4v) is 3.73. The Morgan fingerprint density at radius 1 is 1.19 bits per heavy atom. The van der Waals surface area contributed by atoms with Crippen molar-refractivity contribution < 1.29 is 14.3 Å². The van der Waals surface area contributed by atoms with Gasteiger partial charge >= 0.3 is 5.69 Å². The standard InChI is InChI=1S/C26H29N5O5/c1-4-5-14-30-23(28)22(24(32)29-26(30)34)31(16-19-8-6-7-9-21(19)35-3)25(33)17(2)36-20-12-10-18(15-27)11-13-20/h6-13,17H,4-5,14,16,28H2,1-3H3,(H,29,32,34)/t17-/m1/s1. The van der Waals surface area contributed by atoms with Crippen molar-refractivity contribution >= 4 is 17.4 Å². The Labute approximate surface area is 208 Å². The Morgan fingerprint density at radius 3 is 2.53 bits per heavy atom. The lowest BCUT2D eigenvalue weighted by molar-refractivity contribution is -0.124. The van der Waals surface area contributed by atoms with E-state index in [1.807, 2.05) is 13.0 Å². The Morgan fingerprint density at radius 2 is 1.89 bits per heavy atom. The van der Waals surface area contributed by atoms with Crippen molar-refractivity contribution in [1.29, 1.82) is 5.26 Å². The summed E-state index contributed by atoms with van der Waals surface area (Å²) < 4.78 is 12.5. The number of methoxy groups -OCH3 is 1. The molecule has 0 radical (unpaired) electrons. The maximum Gasteiger partial charge on any atom is 0.330 e. The molecule has 36 heavy (non-hydrogen) atoms. The molecule has 0 saturated heterocycles. The van der Waals surface area contributed by atoms with Gasteiger partial charge in [-0.2, -0.15) is 5.26 Å². The molecule has 3 N–H and O–H groups in total. The van der Waals surface area contributed by atoms with Crippen LogP contribution in [0.2, 0.25) is 0 Å². The van der Waals surface area contributed by atoms with E-state index in [0.717, 1.165) is 6.42 Å². The van der Waals surface area contributed by atoms with Crippen molar-refractivity contribution in [1.82, 2.24) is 9.55 Å². The van der Waals surface area contributed by atoms with Crippen LogP contribution in [0.5, 0.6) is 11.5 Å².